The first-order valence-corrected chi connectivity index (χ1v) is 6.73. The molecule has 1 atom stereocenters. The summed E-state index contributed by atoms with van der Waals surface area (Å²) in [6.07, 6.45) is 0. The monoisotopic (exact) mass is 258 g/mol. The van der Waals surface area contributed by atoms with E-state index in [0.717, 1.165) is 26.3 Å². The van der Waals surface area contributed by atoms with Crippen LogP contribution < -0.4 is 5.32 Å². The van der Waals surface area contributed by atoms with Gasteiger partial charge in [0.25, 0.3) is 0 Å². The summed E-state index contributed by atoms with van der Waals surface area (Å²) < 4.78 is 10.5. The van der Waals surface area contributed by atoms with Gasteiger partial charge in [-0.05, 0) is 27.7 Å². The lowest BCUT2D eigenvalue weighted by molar-refractivity contribution is -0.152. The van der Waals surface area contributed by atoms with E-state index in [0.29, 0.717) is 13.2 Å². The summed E-state index contributed by atoms with van der Waals surface area (Å²) in [4.78, 5) is 14.4. The largest absolute Gasteiger partial charge is 0.465 e. The Morgan fingerprint density at radius 3 is 2.56 bits per heavy atom. The predicted molar refractivity (Wildman–Crippen MR) is 70.6 cm³/mol. The van der Waals surface area contributed by atoms with Gasteiger partial charge >= 0.3 is 5.97 Å². The van der Waals surface area contributed by atoms with Gasteiger partial charge in [0.15, 0.2) is 0 Å². The zero-order valence-electron chi connectivity index (χ0n) is 12.0. The molecule has 0 aromatic carbocycles. The van der Waals surface area contributed by atoms with Crippen molar-refractivity contribution in [1.29, 1.82) is 0 Å². The van der Waals surface area contributed by atoms with Crippen molar-refractivity contribution in [2.45, 2.75) is 39.3 Å². The van der Waals surface area contributed by atoms with Gasteiger partial charge in [0.1, 0.15) is 5.54 Å². The molecule has 0 radical (unpaired) electrons. The maximum Gasteiger partial charge on any atom is 0.327 e. The lowest BCUT2D eigenvalue weighted by atomic mass is 10.00. The van der Waals surface area contributed by atoms with Crippen LogP contribution in [0.25, 0.3) is 0 Å². The number of nitrogens with one attached hydrogen (secondary N) is 1. The third-order valence-corrected chi connectivity index (χ3v) is 2.98. The van der Waals surface area contributed by atoms with Crippen molar-refractivity contribution in [3.63, 3.8) is 0 Å². The van der Waals surface area contributed by atoms with Gasteiger partial charge in [-0.3, -0.25) is 15.0 Å². The number of esters is 1. The Bertz CT molecular complexity index is 265. The van der Waals surface area contributed by atoms with Crippen molar-refractivity contribution in [1.82, 2.24) is 10.2 Å². The molecule has 0 aliphatic carbocycles. The molecule has 1 heterocycles. The maximum atomic E-state index is 12.1. The second-order valence-corrected chi connectivity index (χ2v) is 5.24. The van der Waals surface area contributed by atoms with E-state index in [1.54, 1.807) is 0 Å². The number of nitrogens with zero attached hydrogens (tertiary/aromatic N) is 1. The molecular weight excluding hydrogens is 232 g/mol. The normalized spacial score (nSPS) is 20.7. The number of hydrogen-bond acceptors (Lipinski definition) is 5. The van der Waals surface area contributed by atoms with Crippen LogP contribution in [0.1, 0.15) is 27.7 Å². The highest BCUT2D eigenvalue weighted by Gasteiger charge is 2.37. The van der Waals surface area contributed by atoms with E-state index in [-0.39, 0.29) is 12.0 Å². The third-order valence-electron chi connectivity index (χ3n) is 2.98. The van der Waals surface area contributed by atoms with E-state index in [9.17, 15) is 4.79 Å². The molecule has 1 fully saturated rings. The molecule has 5 heteroatoms. The molecule has 0 aromatic rings. The second kappa shape index (κ2) is 7.07. The summed E-state index contributed by atoms with van der Waals surface area (Å²) in [7, 11) is 0. The molecule has 0 saturated carbocycles. The van der Waals surface area contributed by atoms with E-state index in [2.05, 4.69) is 10.2 Å². The SMILES string of the molecule is CCOC(=O)C(C)(CN1CCOCC1)NC(C)C. The lowest BCUT2D eigenvalue weighted by Crippen LogP contribution is -2.60. The average molecular weight is 258 g/mol. The Morgan fingerprint density at radius 1 is 1.44 bits per heavy atom. The molecule has 1 N–H and O–H groups in total. The van der Waals surface area contributed by atoms with Gasteiger partial charge in [-0.25, -0.2) is 0 Å². The fourth-order valence-corrected chi connectivity index (χ4v) is 2.30. The lowest BCUT2D eigenvalue weighted by Gasteiger charge is -2.37. The van der Waals surface area contributed by atoms with Crippen LogP contribution in [-0.4, -0.2) is 61.9 Å². The molecular formula is C13H26N2O3. The molecule has 18 heavy (non-hydrogen) atoms. The second-order valence-electron chi connectivity index (χ2n) is 5.24. The number of ether oxygens (including phenoxy) is 2. The highest BCUT2D eigenvalue weighted by atomic mass is 16.5. The molecule has 1 aliphatic rings. The molecule has 1 aliphatic heterocycles. The standard InChI is InChI=1S/C13H26N2O3/c1-5-18-12(16)13(4,14-11(2)3)10-15-6-8-17-9-7-15/h11,14H,5-10H2,1-4H3. The van der Waals surface area contributed by atoms with Gasteiger partial charge in [0.05, 0.1) is 19.8 Å². The Morgan fingerprint density at radius 2 is 2.06 bits per heavy atom. The highest BCUT2D eigenvalue weighted by molar-refractivity contribution is 5.80. The Labute approximate surface area is 110 Å². The molecule has 0 aromatic heterocycles. The number of hydrogen-bond donors (Lipinski definition) is 1. The van der Waals surface area contributed by atoms with E-state index < -0.39 is 5.54 Å². The van der Waals surface area contributed by atoms with Crippen molar-refractivity contribution >= 4 is 5.97 Å². The summed E-state index contributed by atoms with van der Waals surface area (Å²) in [6.45, 7) is 12.1. The van der Waals surface area contributed by atoms with Crippen molar-refractivity contribution in [3.05, 3.63) is 0 Å². The van der Waals surface area contributed by atoms with Crippen LogP contribution in [0.5, 0.6) is 0 Å². The summed E-state index contributed by atoms with van der Waals surface area (Å²) in [5, 5.41) is 3.33. The van der Waals surface area contributed by atoms with Crippen LogP contribution in [0.4, 0.5) is 0 Å². The third kappa shape index (κ3) is 4.55. The summed E-state index contributed by atoms with van der Waals surface area (Å²) >= 11 is 0. The van der Waals surface area contributed by atoms with Gasteiger partial charge in [0, 0.05) is 25.7 Å². The molecule has 0 spiro atoms. The van der Waals surface area contributed by atoms with Crippen LogP contribution in [-0.2, 0) is 14.3 Å². The average Bonchev–Trinajstić information content (AvgIpc) is 2.29. The minimum Gasteiger partial charge on any atom is -0.465 e. The van der Waals surface area contributed by atoms with Crippen LogP contribution >= 0.6 is 0 Å². The van der Waals surface area contributed by atoms with Crippen LogP contribution in [0.15, 0.2) is 0 Å². The van der Waals surface area contributed by atoms with Crippen LogP contribution in [0.3, 0.4) is 0 Å². The van der Waals surface area contributed by atoms with Gasteiger partial charge in [0.2, 0.25) is 0 Å². The van der Waals surface area contributed by atoms with Crippen LogP contribution in [0.2, 0.25) is 0 Å². The molecule has 1 rings (SSSR count). The first-order chi connectivity index (χ1) is 8.48. The topological polar surface area (TPSA) is 50.8 Å². The molecule has 1 unspecified atom stereocenters. The molecule has 1 saturated heterocycles. The fraction of sp³-hybridized carbons (Fsp3) is 0.923. The minimum absolute atomic E-state index is 0.176. The molecule has 0 amide bonds. The number of rotatable bonds is 6. The van der Waals surface area contributed by atoms with Gasteiger partial charge in [-0.1, -0.05) is 0 Å². The maximum absolute atomic E-state index is 12.1. The van der Waals surface area contributed by atoms with E-state index in [1.165, 1.54) is 0 Å². The molecule has 106 valence electrons. The Kier molecular flexibility index (Phi) is 6.05. The summed E-state index contributed by atoms with van der Waals surface area (Å²) in [5.41, 5.74) is -0.651. The Balaban J connectivity index is 2.66. The summed E-state index contributed by atoms with van der Waals surface area (Å²) in [5.74, 6) is -0.176. The number of carbonyl (C=O) groups is 1. The van der Waals surface area contributed by atoms with E-state index in [1.807, 2.05) is 27.7 Å². The zero-order valence-corrected chi connectivity index (χ0v) is 12.0. The van der Waals surface area contributed by atoms with Crippen molar-refractivity contribution in [2.75, 3.05) is 39.5 Å². The fourth-order valence-electron chi connectivity index (χ4n) is 2.30. The van der Waals surface area contributed by atoms with Gasteiger partial charge in [-0.2, -0.15) is 0 Å². The van der Waals surface area contributed by atoms with Crippen LogP contribution in [0, 0.1) is 0 Å². The highest BCUT2D eigenvalue weighted by Crippen LogP contribution is 2.12. The smallest absolute Gasteiger partial charge is 0.327 e. The quantitative estimate of drug-likeness (QED) is 0.709. The molecule has 5 nitrogen and oxygen atoms in total. The van der Waals surface area contributed by atoms with Gasteiger partial charge in [-0.15, -0.1) is 0 Å². The minimum atomic E-state index is -0.651. The van der Waals surface area contributed by atoms with Crippen molar-refractivity contribution < 1.29 is 14.3 Å². The van der Waals surface area contributed by atoms with Gasteiger partial charge < -0.3 is 9.47 Å². The number of carbonyl (C=O) groups excluding carboxylic acids is 1. The predicted octanol–water partition coefficient (Wildman–Crippen LogP) is 0.638. The Hall–Kier alpha value is -0.650. The zero-order chi connectivity index (χ0) is 13.6. The number of morpholine rings is 1. The van der Waals surface area contributed by atoms with Crippen molar-refractivity contribution in [3.8, 4) is 0 Å². The molecule has 0 bridgehead atoms. The first kappa shape index (κ1) is 15.4. The van der Waals surface area contributed by atoms with E-state index in [4.69, 9.17) is 9.47 Å². The first-order valence-electron chi connectivity index (χ1n) is 6.73. The van der Waals surface area contributed by atoms with Crippen molar-refractivity contribution in [2.24, 2.45) is 0 Å². The van der Waals surface area contributed by atoms with E-state index >= 15 is 0 Å². The summed E-state index contributed by atoms with van der Waals surface area (Å²) in [6, 6.07) is 0.237.